The first-order valence-electron chi connectivity index (χ1n) is 25.8. The van der Waals surface area contributed by atoms with Gasteiger partial charge in [-0.05, 0) is 86.6 Å². The van der Waals surface area contributed by atoms with Crippen molar-refractivity contribution >= 4 is 47.3 Å². The van der Waals surface area contributed by atoms with E-state index < -0.39 is 89.5 Å². The van der Waals surface area contributed by atoms with E-state index in [1.54, 1.807) is 146 Å². The number of imide groups is 1. The molecule has 4 aromatic carbocycles. The smallest absolute Gasteiger partial charge is 0.338 e. The van der Waals surface area contributed by atoms with E-state index in [1.807, 2.05) is 19.9 Å². The number of hydrogen-bond donors (Lipinski definition) is 5. The van der Waals surface area contributed by atoms with E-state index in [2.05, 4.69) is 27.4 Å². The fourth-order valence-corrected chi connectivity index (χ4v) is 7.67. The minimum Gasteiger partial charge on any atom is -0.458 e. The predicted octanol–water partition coefficient (Wildman–Crippen LogP) is 5.87. The molecule has 5 N–H and O–H groups in total. The summed E-state index contributed by atoms with van der Waals surface area (Å²) in [6, 6.07) is 32.6. The molecule has 5 rings (SSSR count). The van der Waals surface area contributed by atoms with Crippen molar-refractivity contribution in [2.45, 2.75) is 143 Å². The van der Waals surface area contributed by atoms with E-state index >= 15 is 0 Å². The first-order chi connectivity index (χ1) is 37.1. The van der Waals surface area contributed by atoms with Crippen molar-refractivity contribution in [3.8, 4) is 0 Å². The molecular weight excluding hydrogens is 1010 g/mol. The maximum atomic E-state index is 13.9. The van der Waals surface area contributed by atoms with Crippen molar-refractivity contribution in [3.63, 3.8) is 0 Å². The average molecular weight is 1080 g/mol. The number of hydrogen-bond acceptors (Lipinski definition) is 15. The minimum atomic E-state index is -1.47. The maximum Gasteiger partial charge on any atom is 0.338 e. The van der Waals surface area contributed by atoms with Crippen LogP contribution in [0.5, 0.6) is 0 Å². The molecule has 1 aliphatic rings. The third kappa shape index (κ3) is 19.9. The molecular formula is C57H72N6O15. The Labute approximate surface area is 454 Å². The first kappa shape index (κ1) is 61.5. The maximum absolute atomic E-state index is 13.9. The molecule has 0 radical (unpaired) electrons. The van der Waals surface area contributed by atoms with Gasteiger partial charge >= 0.3 is 5.97 Å². The van der Waals surface area contributed by atoms with Gasteiger partial charge in [0.2, 0.25) is 0 Å². The lowest BCUT2D eigenvalue weighted by atomic mass is 10.1. The van der Waals surface area contributed by atoms with E-state index in [-0.39, 0.29) is 67.4 Å². The molecule has 4 aromatic rings. The summed E-state index contributed by atoms with van der Waals surface area (Å²) < 4.78 is 5.56. The van der Waals surface area contributed by atoms with E-state index in [4.69, 9.17) is 33.8 Å². The van der Waals surface area contributed by atoms with Gasteiger partial charge in [0.25, 0.3) is 41.4 Å². The highest BCUT2D eigenvalue weighted by Gasteiger charge is 2.40. The van der Waals surface area contributed by atoms with Gasteiger partial charge in [-0.25, -0.2) is 37.0 Å². The summed E-state index contributed by atoms with van der Waals surface area (Å²) in [6.45, 7) is 16.0. The fraction of sp³-hybridized carbons (Fsp3) is 0.439. The zero-order valence-electron chi connectivity index (χ0n) is 45.5. The van der Waals surface area contributed by atoms with E-state index in [9.17, 15) is 38.4 Å². The van der Waals surface area contributed by atoms with Crippen molar-refractivity contribution in [3.05, 3.63) is 143 Å². The number of benzene rings is 4. The third-order valence-corrected chi connectivity index (χ3v) is 11.5. The SMILES string of the molecule is CC(C)C[C@@H](ONC(=O)[C@H](Cc1ccccc1)ONC(=O)[C@@H](CC(C)C)ON1C(=O)c2ccccc2C1=O)C(=O)NO[C@@H](Cc1ccccc1)C(=O)NO[C@H](CC(C)C)C(=O)NO[C@@H](Cc1ccccc1)C(=O)OC(C)(C)C. The molecule has 0 aromatic heterocycles. The summed E-state index contributed by atoms with van der Waals surface area (Å²) in [7, 11) is 0. The number of nitrogens with one attached hydrogen (secondary N) is 5. The third-order valence-electron chi connectivity index (χ3n) is 11.5. The van der Waals surface area contributed by atoms with Crippen molar-refractivity contribution in [1.29, 1.82) is 0 Å². The van der Waals surface area contributed by atoms with Gasteiger partial charge in [-0.15, -0.1) is 5.06 Å². The van der Waals surface area contributed by atoms with Crippen molar-refractivity contribution in [1.82, 2.24) is 32.5 Å². The summed E-state index contributed by atoms with van der Waals surface area (Å²) >= 11 is 0. The summed E-state index contributed by atoms with van der Waals surface area (Å²) in [5.41, 5.74) is 12.8. The van der Waals surface area contributed by atoms with Crippen LogP contribution in [0.2, 0.25) is 0 Å². The molecule has 0 spiro atoms. The Bertz CT molecular complexity index is 2600. The first-order valence-corrected chi connectivity index (χ1v) is 25.8. The monoisotopic (exact) mass is 1080 g/mol. The van der Waals surface area contributed by atoms with E-state index in [0.717, 1.165) is 5.56 Å². The molecule has 78 heavy (non-hydrogen) atoms. The molecule has 0 saturated carbocycles. The lowest BCUT2D eigenvalue weighted by Crippen LogP contribution is -2.50. The van der Waals surface area contributed by atoms with Gasteiger partial charge in [0, 0.05) is 19.3 Å². The topological polar surface area (TPSA) is 265 Å². The number of carbonyl (C=O) groups excluding carboxylic acids is 8. The molecule has 6 atom stereocenters. The second-order valence-electron chi connectivity index (χ2n) is 20.9. The van der Waals surface area contributed by atoms with Gasteiger partial charge in [-0.2, -0.15) is 0 Å². The van der Waals surface area contributed by atoms with Crippen LogP contribution < -0.4 is 27.4 Å². The number of amides is 7. The molecule has 0 bridgehead atoms. The molecule has 1 heterocycles. The largest absolute Gasteiger partial charge is 0.458 e. The van der Waals surface area contributed by atoms with Crippen LogP contribution in [-0.4, -0.2) is 94.6 Å². The number of rotatable bonds is 30. The van der Waals surface area contributed by atoms with Crippen LogP contribution in [0.1, 0.15) is 119 Å². The van der Waals surface area contributed by atoms with Crippen LogP contribution in [0.3, 0.4) is 0 Å². The van der Waals surface area contributed by atoms with Crippen LogP contribution in [0.15, 0.2) is 115 Å². The normalized spacial score (nSPS) is 14.7. The number of carbonyl (C=O) groups is 8. The van der Waals surface area contributed by atoms with Crippen molar-refractivity contribution in [2.75, 3.05) is 0 Å². The zero-order chi connectivity index (χ0) is 56.9. The Kier molecular flexibility index (Phi) is 23.6. The quantitative estimate of drug-likeness (QED) is 0.0232. The Morgan fingerprint density at radius 2 is 0.692 bits per heavy atom. The Hall–Kier alpha value is -7.40. The lowest BCUT2D eigenvalue weighted by Gasteiger charge is -2.25. The highest BCUT2D eigenvalue weighted by atomic mass is 16.7. The number of esters is 1. The van der Waals surface area contributed by atoms with Crippen LogP contribution >= 0.6 is 0 Å². The van der Waals surface area contributed by atoms with Gasteiger partial charge in [0.05, 0.1) is 11.1 Å². The number of nitrogens with zero attached hydrogens (tertiary/aromatic N) is 1. The Morgan fingerprint density at radius 1 is 0.410 bits per heavy atom. The van der Waals surface area contributed by atoms with Crippen LogP contribution in [0.4, 0.5) is 0 Å². The number of fused-ring (bicyclic) bond motifs is 1. The molecule has 1 aliphatic heterocycles. The molecule has 7 amide bonds. The van der Waals surface area contributed by atoms with Gasteiger partial charge in [0.1, 0.15) is 5.60 Å². The summed E-state index contributed by atoms with van der Waals surface area (Å²) in [6.07, 6.45) is -8.22. The standard InChI is InChI=1S/C57H72N6O15/c1-35(2)29-43(73-60-52(67)46(33-39-23-15-11-16-24-39)76-62-53(68)47(31-37(5)6)78-63-54(69)41-27-19-20-28-42(41)55(63)70)49(64)58-75-45(32-38-21-13-10-14-22-38)51(66)59-74-44(30-36(3)4)50(65)61-77-48(56(71)72-57(7,8)9)34-40-25-17-12-18-26-40/h10-28,35-37,43-48H,29-34H2,1-9H3,(H,58,64)(H,59,66)(H,60,67)(H,61,65)(H,62,68)/t43-,44-,45+,46+,47-,48+/m1/s1. The highest BCUT2D eigenvalue weighted by Crippen LogP contribution is 2.25. The molecule has 21 heteroatoms. The number of hydroxylamine groups is 7. The summed E-state index contributed by atoms with van der Waals surface area (Å²) in [5, 5.41) is 0.536. The Morgan fingerprint density at radius 3 is 1.04 bits per heavy atom. The fourth-order valence-electron chi connectivity index (χ4n) is 7.67. The number of ether oxygens (including phenoxy) is 1. The lowest BCUT2D eigenvalue weighted by molar-refractivity contribution is -0.180. The molecule has 0 aliphatic carbocycles. The second kappa shape index (κ2) is 29.9. The van der Waals surface area contributed by atoms with Crippen LogP contribution in [0, 0.1) is 17.8 Å². The highest BCUT2D eigenvalue weighted by molar-refractivity contribution is 6.20. The van der Waals surface area contributed by atoms with Crippen molar-refractivity contribution < 1.29 is 72.1 Å². The second-order valence-corrected chi connectivity index (χ2v) is 20.9. The summed E-state index contributed by atoms with van der Waals surface area (Å²) in [4.78, 5) is 143. The van der Waals surface area contributed by atoms with Crippen LogP contribution in [0.25, 0.3) is 0 Å². The molecule has 0 unspecified atom stereocenters. The zero-order valence-corrected chi connectivity index (χ0v) is 45.5. The van der Waals surface area contributed by atoms with E-state index in [1.165, 1.54) is 12.1 Å². The predicted molar refractivity (Wildman–Crippen MR) is 282 cm³/mol. The average Bonchev–Trinajstić information content (AvgIpc) is 3.69. The Balaban J connectivity index is 1.25. The van der Waals surface area contributed by atoms with Gasteiger partial charge in [-0.3, -0.25) is 57.7 Å². The molecule has 21 nitrogen and oxygen atoms in total. The minimum absolute atomic E-state index is 0.0370. The molecule has 420 valence electrons. The molecule has 0 fully saturated rings. The summed E-state index contributed by atoms with van der Waals surface area (Å²) in [5.74, 6) is -7.05. The van der Waals surface area contributed by atoms with Gasteiger partial charge < -0.3 is 4.74 Å². The van der Waals surface area contributed by atoms with E-state index in [0.29, 0.717) is 16.2 Å². The van der Waals surface area contributed by atoms with Crippen molar-refractivity contribution in [2.24, 2.45) is 17.8 Å². The van der Waals surface area contributed by atoms with Crippen LogP contribution in [-0.2, 0) is 81.8 Å². The molecule has 0 saturated heterocycles. The van der Waals surface area contributed by atoms with Gasteiger partial charge in [-0.1, -0.05) is 145 Å². The van der Waals surface area contributed by atoms with Gasteiger partial charge in [0.15, 0.2) is 36.6 Å².